The van der Waals surface area contributed by atoms with Gasteiger partial charge in [0.25, 0.3) is 0 Å². The van der Waals surface area contributed by atoms with Crippen molar-refractivity contribution in [3.8, 4) is 0 Å². The van der Waals surface area contributed by atoms with Gasteiger partial charge in [0.15, 0.2) is 6.10 Å². The Bertz CT molecular complexity index is 1900. The third-order valence-corrected chi connectivity index (χ3v) is 13.4. The van der Waals surface area contributed by atoms with E-state index in [4.69, 9.17) is 9.47 Å². The van der Waals surface area contributed by atoms with Gasteiger partial charge in [0.1, 0.15) is 6.61 Å². The zero-order valence-electron chi connectivity index (χ0n) is 52.4. The molecule has 0 saturated carbocycles. The molecule has 458 valence electrons. The summed E-state index contributed by atoms with van der Waals surface area (Å²) in [4.78, 5) is 24.6. The van der Waals surface area contributed by atoms with Crippen LogP contribution in [-0.2, 0) is 19.1 Å². The third kappa shape index (κ3) is 67.2. The van der Waals surface area contributed by atoms with E-state index in [1.54, 1.807) is 0 Å². The highest BCUT2D eigenvalue weighted by molar-refractivity contribution is 5.70. The molecular formula is C77H120O5. The highest BCUT2D eigenvalue weighted by Gasteiger charge is 2.16. The van der Waals surface area contributed by atoms with Crippen molar-refractivity contribution in [1.82, 2.24) is 0 Å². The fourth-order valence-corrected chi connectivity index (χ4v) is 8.53. The van der Waals surface area contributed by atoms with Gasteiger partial charge in [-0.2, -0.15) is 0 Å². The summed E-state index contributed by atoms with van der Waals surface area (Å²) in [5, 5.41) is 9.69. The summed E-state index contributed by atoms with van der Waals surface area (Å²) >= 11 is 0. The summed E-state index contributed by atoms with van der Waals surface area (Å²) in [5.74, 6) is -0.631. The maximum Gasteiger partial charge on any atom is 0.306 e. The molecule has 0 bridgehead atoms. The Morgan fingerprint density at radius 2 is 0.488 bits per heavy atom. The standard InChI is InChI=1S/C77H120O5/c1-3-5-7-9-11-13-15-17-19-21-23-25-27-29-31-33-34-35-36-37-38-39-40-41-42-44-46-48-50-52-54-56-58-60-62-64-66-68-70-72-77(80)82-75(73-78)74-81-76(79)71-69-67-65-63-61-59-57-55-53-51-49-47-45-43-32-30-28-26-24-22-20-18-16-14-12-10-8-6-4-2/h5-8,11-14,17-20,23-26,29-32,34-35,37-38,40-41,45,47,51,53,57,59,75,78H,3-4,9-10,15-16,21-22,27-28,33,36,39,42-44,46,48-50,52,54-56,58,60-74H2,1-2H3/b7-5-,8-6-,13-11-,14-12-,19-17-,20-18-,25-23-,26-24-,31-29-,32-30-,35-34-,38-37-,41-40-,47-45-,53-51-,59-57-. The van der Waals surface area contributed by atoms with Crippen LogP contribution in [0.2, 0.25) is 0 Å². The van der Waals surface area contributed by atoms with Crippen LogP contribution in [0.3, 0.4) is 0 Å². The van der Waals surface area contributed by atoms with Crippen molar-refractivity contribution in [3.05, 3.63) is 194 Å². The molecule has 0 radical (unpaired) electrons. The fraction of sp³-hybridized carbons (Fsp3) is 0.558. The predicted molar refractivity (Wildman–Crippen MR) is 361 cm³/mol. The molecule has 1 N–H and O–H groups in total. The molecule has 0 fully saturated rings. The summed E-state index contributed by atoms with van der Waals surface area (Å²) in [6.45, 7) is 3.88. The van der Waals surface area contributed by atoms with Gasteiger partial charge in [-0.1, -0.05) is 298 Å². The number of hydrogen-bond acceptors (Lipinski definition) is 5. The molecule has 0 aromatic rings. The number of rotatable bonds is 58. The van der Waals surface area contributed by atoms with Crippen molar-refractivity contribution < 1.29 is 24.2 Å². The average molecular weight is 1130 g/mol. The van der Waals surface area contributed by atoms with E-state index in [1.165, 1.54) is 77.0 Å². The molecule has 1 unspecified atom stereocenters. The summed E-state index contributed by atoms with van der Waals surface area (Å²) in [6.07, 6.45) is 111. The number of aliphatic hydroxyl groups excluding tert-OH is 1. The minimum atomic E-state index is -0.799. The van der Waals surface area contributed by atoms with Crippen LogP contribution in [0.15, 0.2) is 194 Å². The molecule has 0 heterocycles. The maximum atomic E-state index is 12.4. The van der Waals surface area contributed by atoms with Gasteiger partial charge in [-0.15, -0.1) is 0 Å². The molecule has 0 aromatic heterocycles. The lowest BCUT2D eigenvalue weighted by Crippen LogP contribution is -2.28. The van der Waals surface area contributed by atoms with Crippen LogP contribution in [0, 0.1) is 0 Å². The van der Waals surface area contributed by atoms with Gasteiger partial charge in [-0.05, 0) is 141 Å². The summed E-state index contributed by atoms with van der Waals surface area (Å²) < 4.78 is 10.7. The second kappa shape index (κ2) is 70.0. The van der Waals surface area contributed by atoms with Gasteiger partial charge >= 0.3 is 11.9 Å². The third-order valence-electron chi connectivity index (χ3n) is 13.4. The van der Waals surface area contributed by atoms with Crippen molar-refractivity contribution in [3.63, 3.8) is 0 Å². The Labute approximate surface area is 505 Å². The molecule has 0 aliphatic heterocycles. The quantitative estimate of drug-likeness (QED) is 0.0373. The molecule has 0 spiro atoms. The first kappa shape index (κ1) is 76.7. The lowest BCUT2D eigenvalue weighted by molar-refractivity contribution is -0.161. The van der Waals surface area contributed by atoms with E-state index in [2.05, 4.69) is 208 Å². The molecule has 0 aliphatic rings. The Kier molecular flexibility index (Phi) is 65.5. The van der Waals surface area contributed by atoms with E-state index in [-0.39, 0.29) is 25.2 Å². The Morgan fingerprint density at radius 1 is 0.280 bits per heavy atom. The van der Waals surface area contributed by atoms with E-state index in [0.29, 0.717) is 12.8 Å². The normalized spacial score (nSPS) is 13.5. The zero-order chi connectivity index (χ0) is 59.1. The molecular weight excluding hydrogens is 1000 g/mol. The molecule has 0 aliphatic carbocycles. The predicted octanol–water partition coefficient (Wildman–Crippen LogP) is 23.2. The van der Waals surface area contributed by atoms with E-state index in [1.807, 2.05) is 0 Å². The van der Waals surface area contributed by atoms with Crippen molar-refractivity contribution in [2.24, 2.45) is 0 Å². The molecule has 0 rings (SSSR count). The number of ether oxygens (including phenoxy) is 2. The zero-order valence-corrected chi connectivity index (χ0v) is 52.4. The van der Waals surface area contributed by atoms with Gasteiger partial charge in [0.2, 0.25) is 0 Å². The maximum absolute atomic E-state index is 12.4. The summed E-state index contributed by atoms with van der Waals surface area (Å²) in [6, 6.07) is 0. The Morgan fingerprint density at radius 3 is 0.732 bits per heavy atom. The van der Waals surface area contributed by atoms with Crippen molar-refractivity contribution in [2.75, 3.05) is 13.2 Å². The first-order chi connectivity index (χ1) is 40.6. The number of esters is 2. The monoisotopic (exact) mass is 1120 g/mol. The first-order valence-electron chi connectivity index (χ1n) is 33.0. The van der Waals surface area contributed by atoms with Gasteiger partial charge in [-0.25, -0.2) is 0 Å². The number of carbonyl (C=O) groups excluding carboxylic acids is 2. The van der Waals surface area contributed by atoms with Crippen LogP contribution >= 0.6 is 0 Å². The van der Waals surface area contributed by atoms with Gasteiger partial charge in [-0.3, -0.25) is 9.59 Å². The SMILES string of the molecule is CC/C=C\C/C=C\C/C=C\C/C=C\C/C=C\C/C=C\C/C=C\C/C=C\CCCCCCCCCCCCCCCCC(=O)OC(CO)COC(=O)CCCCCC/C=C\C/C=C\C/C=C\C/C=C\C/C=C\C/C=C\C/C=C\C/C=C\CC. The molecule has 5 nitrogen and oxygen atoms in total. The Hall–Kier alpha value is -5.26. The van der Waals surface area contributed by atoms with E-state index in [9.17, 15) is 14.7 Å². The lowest BCUT2D eigenvalue weighted by Gasteiger charge is -2.15. The van der Waals surface area contributed by atoms with Crippen LogP contribution in [0.4, 0.5) is 0 Å². The van der Waals surface area contributed by atoms with E-state index >= 15 is 0 Å². The second-order valence-electron chi connectivity index (χ2n) is 21.1. The minimum Gasteiger partial charge on any atom is -0.462 e. The minimum absolute atomic E-state index is 0.0910. The number of hydrogen-bond donors (Lipinski definition) is 1. The second-order valence-corrected chi connectivity index (χ2v) is 21.1. The average Bonchev–Trinajstić information content (AvgIpc) is 3.49. The molecule has 82 heavy (non-hydrogen) atoms. The number of unbranched alkanes of at least 4 members (excludes halogenated alkanes) is 18. The van der Waals surface area contributed by atoms with E-state index in [0.717, 1.165) is 154 Å². The number of allylic oxidation sites excluding steroid dienone is 32. The topological polar surface area (TPSA) is 72.8 Å². The molecule has 1 atom stereocenters. The van der Waals surface area contributed by atoms with Crippen molar-refractivity contribution in [1.29, 1.82) is 0 Å². The smallest absolute Gasteiger partial charge is 0.306 e. The number of aliphatic hydroxyl groups is 1. The van der Waals surface area contributed by atoms with Crippen molar-refractivity contribution in [2.45, 2.75) is 264 Å². The highest BCUT2D eigenvalue weighted by Crippen LogP contribution is 2.15. The van der Waals surface area contributed by atoms with Crippen LogP contribution in [0.1, 0.15) is 258 Å². The largest absolute Gasteiger partial charge is 0.462 e. The summed E-state index contributed by atoms with van der Waals surface area (Å²) in [7, 11) is 0. The fourth-order valence-electron chi connectivity index (χ4n) is 8.53. The Balaban J connectivity index is 3.60. The van der Waals surface area contributed by atoms with Gasteiger partial charge < -0.3 is 14.6 Å². The van der Waals surface area contributed by atoms with Crippen LogP contribution in [0.5, 0.6) is 0 Å². The number of carbonyl (C=O) groups is 2. The highest BCUT2D eigenvalue weighted by atomic mass is 16.6. The molecule has 0 amide bonds. The summed E-state index contributed by atoms with van der Waals surface area (Å²) in [5.41, 5.74) is 0. The van der Waals surface area contributed by atoms with Crippen LogP contribution in [0.25, 0.3) is 0 Å². The lowest BCUT2D eigenvalue weighted by atomic mass is 10.0. The van der Waals surface area contributed by atoms with Crippen LogP contribution < -0.4 is 0 Å². The molecule has 0 saturated heterocycles. The van der Waals surface area contributed by atoms with Crippen molar-refractivity contribution >= 4 is 11.9 Å². The van der Waals surface area contributed by atoms with Gasteiger partial charge in [0, 0.05) is 12.8 Å². The molecule has 0 aromatic carbocycles. The first-order valence-corrected chi connectivity index (χ1v) is 33.0. The van der Waals surface area contributed by atoms with Crippen LogP contribution in [-0.4, -0.2) is 36.4 Å². The van der Waals surface area contributed by atoms with Gasteiger partial charge in [0.05, 0.1) is 6.61 Å². The van der Waals surface area contributed by atoms with E-state index < -0.39 is 6.10 Å². The molecule has 5 heteroatoms.